The molecule has 92 valence electrons. The maximum absolute atomic E-state index is 8.56. The van der Waals surface area contributed by atoms with Gasteiger partial charge in [-0.05, 0) is 37.1 Å². The number of hydrogen-bond acceptors (Lipinski definition) is 3. The summed E-state index contributed by atoms with van der Waals surface area (Å²) in [5, 5.41) is 12.1. The van der Waals surface area contributed by atoms with Gasteiger partial charge in [0.25, 0.3) is 0 Å². The fraction of sp³-hybridized carbons (Fsp3) is 0.923. The molecule has 1 aliphatic heterocycles. The molecule has 3 nitrogen and oxygen atoms in total. The van der Waals surface area contributed by atoms with Crippen molar-refractivity contribution < 1.29 is 4.74 Å². The lowest BCUT2D eigenvalue weighted by Gasteiger charge is -2.24. The molecule has 1 unspecified atom stereocenters. The van der Waals surface area contributed by atoms with Gasteiger partial charge < -0.3 is 10.1 Å². The van der Waals surface area contributed by atoms with E-state index in [0.29, 0.717) is 6.42 Å². The molecule has 1 heterocycles. The Labute approximate surface area is 99.2 Å². The second kappa shape index (κ2) is 6.88. The lowest BCUT2D eigenvalue weighted by Crippen LogP contribution is -2.30. The Morgan fingerprint density at radius 3 is 2.94 bits per heavy atom. The highest BCUT2D eigenvalue weighted by Gasteiger charge is 2.18. The van der Waals surface area contributed by atoms with Crippen molar-refractivity contribution in [3.63, 3.8) is 0 Å². The molecule has 1 aliphatic rings. The summed E-state index contributed by atoms with van der Waals surface area (Å²) in [6, 6.07) is 2.21. The first-order valence-corrected chi connectivity index (χ1v) is 6.29. The minimum absolute atomic E-state index is 0.238. The van der Waals surface area contributed by atoms with Gasteiger partial charge in [-0.25, -0.2) is 0 Å². The molecule has 1 saturated heterocycles. The van der Waals surface area contributed by atoms with Crippen LogP contribution in [0.3, 0.4) is 0 Å². The average Bonchev–Trinajstić information content (AvgIpc) is 2.75. The molecule has 0 amide bonds. The normalized spacial score (nSPS) is 20.9. The summed E-state index contributed by atoms with van der Waals surface area (Å²) in [5.41, 5.74) is 0.238. The molecule has 0 bridgehead atoms. The van der Waals surface area contributed by atoms with Gasteiger partial charge >= 0.3 is 0 Å². The van der Waals surface area contributed by atoms with Crippen LogP contribution in [0.25, 0.3) is 0 Å². The van der Waals surface area contributed by atoms with Gasteiger partial charge in [0.15, 0.2) is 0 Å². The maximum atomic E-state index is 8.56. The van der Waals surface area contributed by atoms with Crippen LogP contribution in [0.5, 0.6) is 0 Å². The number of ether oxygens (including phenoxy) is 1. The summed E-state index contributed by atoms with van der Waals surface area (Å²) in [6.07, 6.45) is 4.07. The van der Waals surface area contributed by atoms with Crippen molar-refractivity contribution in [3.8, 4) is 6.07 Å². The number of nitriles is 1. The molecule has 1 N–H and O–H groups in total. The zero-order valence-corrected chi connectivity index (χ0v) is 10.6. The molecule has 3 heteroatoms. The van der Waals surface area contributed by atoms with Crippen LogP contribution in [0.2, 0.25) is 0 Å². The van der Waals surface area contributed by atoms with Gasteiger partial charge in [0.1, 0.15) is 0 Å². The fourth-order valence-electron chi connectivity index (χ4n) is 2.03. The minimum atomic E-state index is 0.238. The first-order chi connectivity index (χ1) is 7.64. The van der Waals surface area contributed by atoms with Crippen LogP contribution < -0.4 is 5.32 Å². The standard InChI is InChI=1S/C13H24N2O/c1-13(2,6-3-7-14)11-15-8-4-12-5-9-16-10-12/h12,15H,3-6,8-11H2,1-2H3. The van der Waals surface area contributed by atoms with Crippen molar-refractivity contribution in [2.24, 2.45) is 11.3 Å². The van der Waals surface area contributed by atoms with Crippen LogP contribution in [0, 0.1) is 22.7 Å². The van der Waals surface area contributed by atoms with Crippen molar-refractivity contribution in [2.75, 3.05) is 26.3 Å². The summed E-state index contributed by atoms with van der Waals surface area (Å²) in [5.74, 6) is 0.759. The van der Waals surface area contributed by atoms with Crippen molar-refractivity contribution in [1.82, 2.24) is 5.32 Å². The van der Waals surface area contributed by atoms with Crippen LogP contribution in [0.4, 0.5) is 0 Å². The third kappa shape index (κ3) is 5.48. The molecule has 1 fully saturated rings. The summed E-state index contributed by atoms with van der Waals surface area (Å²) < 4.78 is 5.34. The summed E-state index contributed by atoms with van der Waals surface area (Å²) >= 11 is 0. The van der Waals surface area contributed by atoms with Gasteiger partial charge in [-0.2, -0.15) is 5.26 Å². The van der Waals surface area contributed by atoms with E-state index in [-0.39, 0.29) is 5.41 Å². The minimum Gasteiger partial charge on any atom is -0.381 e. The molecule has 0 aromatic rings. The summed E-state index contributed by atoms with van der Waals surface area (Å²) in [6.45, 7) is 8.40. The van der Waals surface area contributed by atoms with Gasteiger partial charge in [-0.15, -0.1) is 0 Å². The van der Waals surface area contributed by atoms with E-state index in [1.54, 1.807) is 0 Å². The van der Waals surface area contributed by atoms with E-state index < -0.39 is 0 Å². The second-order valence-corrected chi connectivity index (χ2v) is 5.52. The molecule has 0 aromatic heterocycles. The zero-order valence-electron chi connectivity index (χ0n) is 10.6. The Hall–Kier alpha value is -0.590. The molecular weight excluding hydrogens is 200 g/mol. The van der Waals surface area contributed by atoms with E-state index in [9.17, 15) is 0 Å². The molecule has 0 aromatic carbocycles. The fourth-order valence-corrected chi connectivity index (χ4v) is 2.03. The highest BCUT2D eigenvalue weighted by atomic mass is 16.5. The van der Waals surface area contributed by atoms with Gasteiger partial charge in [-0.3, -0.25) is 0 Å². The molecule has 0 aliphatic carbocycles. The first-order valence-electron chi connectivity index (χ1n) is 6.29. The van der Waals surface area contributed by atoms with E-state index in [1.165, 1.54) is 12.8 Å². The van der Waals surface area contributed by atoms with Gasteiger partial charge in [0.05, 0.1) is 6.07 Å². The maximum Gasteiger partial charge on any atom is 0.0621 e. The van der Waals surface area contributed by atoms with Crippen molar-refractivity contribution in [3.05, 3.63) is 0 Å². The smallest absolute Gasteiger partial charge is 0.0621 e. The van der Waals surface area contributed by atoms with Crippen molar-refractivity contribution in [2.45, 2.75) is 39.5 Å². The Kier molecular flexibility index (Phi) is 5.79. The van der Waals surface area contributed by atoms with Crippen LogP contribution in [-0.2, 0) is 4.74 Å². The van der Waals surface area contributed by atoms with E-state index in [1.807, 2.05) is 0 Å². The average molecular weight is 224 g/mol. The molecule has 0 radical (unpaired) electrons. The topological polar surface area (TPSA) is 45.0 Å². The lowest BCUT2D eigenvalue weighted by atomic mass is 9.88. The number of rotatable bonds is 7. The molecule has 16 heavy (non-hydrogen) atoms. The number of nitrogens with one attached hydrogen (secondary N) is 1. The highest BCUT2D eigenvalue weighted by molar-refractivity contribution is 4.79. The van der Waals surface area contributed by atoms with Gasteiger partial charge in [-0.1, -0.05) is 13.8 Å². The van der Waals surface area contributed by atoms with E-state index >= 15 is 0 Å². The van der Waals surface area contributed by atoms with E-state index in [4.69, 9.17) is 10.00 Å². The SMILES string of the molecule is CC(C)(CCC#N)CNCCC1CCOC1. The Morgan fingerprint density at radius 2 is 2.31 bits per heavy atom. The summed E-state index contributed by atoms with van der Waals surface area (Å²) in [7, 11) is 0. The lowest BCUT2D eigenvalue weighted by molar-refractivity contribution is 0.183. The number of nitrogens with zero attached hydrogens (tertiary/aromatic N) is 1. The van der Waals surface area contributed by atoms with Crippen molar-refractivity contribution in [1.29, 1.82) is 5.26 Å². The molecule has 0 spiro atoms. The van der Waals surface area contributed by atoms with Crippen LogP contribution in [0.1, 0.15) is 39.5 Å². The van der Waals surface area contributed by atoms with Gasteiger partial charge in [0.2, 0.25) is 0 Å². The predicted octanol–water partition coefficient (Wildman–Crippen LogP) is 2.33. The Balaban J connectivity index is 2.02. The van der Waals surface area contributed by atoms with E-state index in [2.05, 4.69) is 25.2 Å². The van der Waals surface area contributed by atoms with Crippen LogP contribution in [0.15, 0.2) is 0 Å². The Bertz CT molecular complexity index is 227. The van der Waals surface area contributed by atoms with Crippen LogP contribution >= 0.6 is 0 Å². The highest BCUT2D eigenvalue weighted by Crippen LogP contribution is 2.21. The zero-order chi connectivity index (χ0) is 11.9. The van der Waals surface area contributed by atoms with E-state index in [0.717, 1.165) is 38.6 Å². The number of hydrogen-bond donors (Lipinski definition) is 1. The third-order valence-electron chi connectivity index (χ3n) is 3.27. The molecule has 0 saturated carbocycles. The summed E-state index contributed by atoms with van der Waals surface area (Å²) in [4.78, 5) is 0. The second-order valence-electron chi connectivity index (χ2n) is 5.52. The predicted molar refractivity (Wildman–Crippen MR) is 65.0 cm³/mol. The van der Waals surface area contributed by atoms with Gasteiger partial charge in [0, 0.05) is 26.2 Å². The van der Waals surface area contributed by atoms with Crippen LogP contribution in [-0.4, -0.2) is 26.3 Å². The quantitative estimate of drug-likeness (QED) is 0.675. The van der Waals surface area contributed by atoms with Crippen molar-refractivity contribution >= 4 is 0 Å². The largest absolute Gasteiger partial charge is 0.381 e. The Morgan fingerprint density at radius 1 is 1.50 bits per heavy atom. The molecular formula is C13H24N2O. The molecule has 1 rings (SSSR count). The molecule has 1 atom stereocenters. The first kappa shape index (κ1) is 13.5. The third-order valence-corrected chi connectivity index (χ3v) is 3.27. The monoisotopic (exact) mass is 224 g/mol.